The average Bonchev–Trinajstić information content (AvgIpc) is 3.07. The molecule has 146 valence electrons. The SMILES string of the molecule is COc1cc(-c2onc(N(C)C)c2C(=O)N2CCC(F)(F)CC2)ccc1F. The van der Waals surface area contributed by atoms with Crippen LogP contribution >= 0.6 is 0 Å². The summed E-state index contributed by atoms with van der Waals surface area (Å²) in [6, 6.07) is 4.04. The van der Waals surface area contributed by atoms with Crippen LogP contribution in [0.25, 0.3) is 11.3 Å². The fraction of sp³-hybridized carbons (Fsp3) is 0.444. The predicted octanol–water partition coefficient (Wildman–Crippen LogP) is 3.43. The van der Waals surface area contributed by atoms with Crippen molar-refractivity contribution in [2.75, 3.05) is 39.2 Å². The number of nitrogens with zero attached hydrogens (tertiary/aromatic N) is 3. The zero-order valence-electron chi connectivity index (χ0n) is 15.3. The number of hydrogen-bond donors (Lipinski definition) is 0. The molecule has 3 rings (SSSR count). The quantitative estimate of drug-likeness (QED) is 0.810. The van der Waals surface area contributed by atoms with Crippen LogP contribution in [0.2, 0.25) is 0 Å². The molecule has 1 saturated heterocycles. The van der Waals surface area contributed by atoms with Gasteiger partial charge in [-0.15, -0.1) is 0 Å². The molecular weight excluding hydrogens is 363 g/mol. The molecule has 0 bridgehead atoms. The molecule has 0 radical (unpaired) electrons. The Balaban J connectivity index is 2.01. The lowest BCUT2D eigenvalue weighted by Crippen LogP contribution is -2.43. The number of carbonyl (C=O) groups excluding carboxylic acids is 1. The van der Waals surface area contributed by atoms with Crippen molar-refractivity contribution in [3.05, 3.63) is 29.6 Å². The summed E-state index contributed by atoms with van der Waals surface area (Å²) in [5.74, 6) is -3.36. The van der Waals surface area contributed by atoms with Crippen LogP contribution in [0.5, 0.6) is 5.75 Å². The number of rotatable bonds is 4. The van der Waals surface area contributed by atoms with Gasteiger partial charge in [0.1, 0.15) is 5.56 Å². The van der Waals surface area contributed by atoms with E-state index in [2.05, 4.69) is 5.16 Å². The smallest absolute Gasteiger partial charge is 0.261 e. The summed E-state index contributed by atoms with van der Waals surface area (Å²) in [5, 5.41) is 3.94. The largest absolute Gasteiger partial charge is 0.494 e. The number of aromatic nitrogens is 1. The predicted molar refractivity (Wildman–Crippen MR) is 92.9 cm³/mol. The third-order valence-electron chi connectivity index (χ3n) is 4.51. The lowest BCUT2D eigenvalue weighted by molar-refractivity contribution is -0.0494. The third kappa shape index (κ3) is 3.72. The maximum absolute atomic E-state index is 13.7. The van der Waals surface area contributed by atoms with E-state index in [4.69, 9.17) is 9.26 Å². The third-order valence-corrected chi connectivity index (χ3v) is 4.51. The van der Waals surface area contributed by atoms with E-state index >= 15 is 0 Å². The summed E-state index contributed by atoms with van der Waals surface area (Å²) in [7, 11) is 4.70. The Morgan fingerprint density at radius 2 is 1.96 bits per heavy atom. The summed E-state index contributed by atoms with van der Waals surface area (Å²) in [6.07, 6.45) is -0.776. The highest BCUT2D eigenvalue weighted by molar-refractivity contribution is 6.04. The van der Waals surface area contributed by atoms with Crippen LogP contribution in [0.4, 0.5) is 19.0 Å². The van der Waals surface area contributed by atoms with E-state index in [0.717, 1.165) is 0 Å². The lowest BCUT2D eigenvalue weighted by atomic mass is 10.0. The van der Waals surface area contributed by atoms with Gasteiger partial charge in [0.05, 0.1) is 7.11 Å². The molecule has 6 nitrogen and oxygen atoms in total. The van der Waals surface area contributed by atoms with E-state index < -0.39 is 17.6 Å². The summed E-state index contributed by atoms with van der Waals surface area (Å²) in [5.41, 5.74) is 0.554. The molecule has 1 amide bonds. The number of anilines is 1. The molecule has 0 N–H and O–H groups in total. The summed E-state index contributed by atoms with van der Waals surface area (Å²) < 4.78 is 50.9. The number of hydrogen-bond acceptors (Lipinski definition) is 5. The maximum atomic E-state index is 13.7. The highest BCUT2D eigenvalue weighted by Crippen LogP contribution is 2.36. The molecular formula is C18H20F3N3O3. The minimum atomic E-state index is -2.76. The van der Waals surface area contributed by atoms with Crippen molar-refractivity contribution in [1.82, 2.24) is 10.1 Å². The van der Waals surface area contributed by atoms with Gasteiger partial charge in [0.25, 0.3) is 11.8 Å². The fourth-order valence-corrected chi connectivity index (χ4v) is 2.97. The Bertz CT molecular complexity index is 842. The second kappa shape index (κ2) is 7.13. The van der Waals surface area contributed by atoms with Gasteiger partial charge in [-0.05, 0) is 18.2 Å². The molecule has 1 fully saturated rings. The number of carbonyl (C=O) groups is 1. The molecule has 0 atom stereocenters. The number of alkyl halides is 2. The molecule has 2 heterocycles. The molecule has 2 aromatic rings. The summed E-state index contributed by atoms with van der Waals surface area (Å²) in [6.45, 7) is -0.119. The first-order valence-corrected chi connectivity index (χ1v) is 8.41. The number of benzene rings is 1. The Morgan fingerprint density at radius 3 is 2.56 bits per heavy atom. The number of amides is 1. The maximum Gasteiger partial charge on any atom is 0.261 e. The van der Waals surface area contributed by atoms with Crippen LogP contribution in [-0.2, 0) is 0 Å². The van der Waals surface area contributed by atoms with Gasteiger partial charge in [0.15, 0.2) is 23.1 Å². The zero-order chi connectivity index (χ0) is 19.8. The second-order valence-electron chi connectivity index (χ2n) is 6.60. The van der Waals surface area contributed by atoms with Crippen LogP contribution in [0.3, 0.4) is 0 Å². The normalized spacial score (nSPS) is 16.3. The van der Waals surface area contributed by atoms with Crippen molar-refractivity contribution in [3.63, 3.8) is 0 Å². The van der Waals surface area contributed by atoms with Crippen LogP contribution in [-0.4, -0.2) is 56.2 Å². The first-order chi connectivity index (χ1) is 12.7. The Hall–Kier alpha value is -2.71. The van der Waals surface area contributed by atoms with E-state index in [1.807, 2.05) is 0 Å². The number of methoxy groups -OCH3 is 1. The molecule has 1 aromatic heterocycles. The van der Waals surface area contributed by atoms with Crippen molar-refractivity contribution in [2.45, 2.75) is 18.8 Å². The van der Waals surface area contributed by atoms with Gasteiger partial charge in [0.2, 0.25) is 0 Å². The molecule has 1 aliphatic heterocycles. The first-order valence-electron chi connectivity index (χ1n) is 8.41. The number of piperidine rings is 1. The molecule has 27 heavy (non-hydrogen) atoms. The number of likely N-dealkylation sites (tertiary alicyclic amines) is 1. The minimum absolute atomic E-state index is 0.00804. The standard InChI is InChI=1S/C18H20F3N3O3/c1-23(2)16-14(17(25)24-8-6-18(20,21)7-9-24)15(27-22-16)11-4-5-12(19)13(10-11)26-3/h4-5,10H,6-9H2,1-3H3. The van der Waals surface area contributed by atoms with Crippen molar-refractivity contribution >= 4 is 11.7 Å². The highest BCUT2D eigenvalue weighted by Gasteiger charge is 2.38. The summed E-state index contributed by atoms with van der Waals surface area (Å²) >= 11 is 0. The number of ether oxygens (including phenoxy) is 1. The molecule has 9 heteroatoms. The van der Waals surface area contributed by atoms with E-state index in [1.54, 1.807) is 19.0 Å². The summed E-state index contributed by atoms with van der Waals surface area (Å²) in [4.78, 5) is 16.0. The van der Waals surface area contributed by atoms with Crippen LogP contribution in [0.15, 0.2) is 22.7 Å². The lowest BCUT2D eigenvalue weighted by Gasteiger charge is -2.32. The van der Waals surface area contributed by atoms with Crippen molar-refractivity contribution in [1.29, 1.82) is 0 Å². The van der Waals surface area contributed by atoms with Gasteiger partial charge in [-0.2, -0.15) is 0 Å². The Labute approximate surface area is 154 Å². The number of halogens is 3. The second-order valence-corrected chi connectivity index (χ2v) is 6.60. The van der Waals surface area contributed by atoms with Gasteiger partial charge in [-0.25, -0.2) is 13.2 Å². The zero-order valence-corrected chi connectivity index (χ0v) is 15.3. The van der Waals surface area contributed by atoms with Gasteiger partial charge < -0.3 is 19.1 Å². The van der Waals surface area contributed by atoms with Crippen molar-refractivity contribution in [2.24, 2.45) is 0 Å². The van der Waals surface area contributed by atoms with E-state index in [-0.39, 0.29) is 48.8 Å². The van der Waals surface area contributed by atoms with Gasteiger partial charge in [0, 0.05) is 45.6 Å². The van der Waals surface area contributed by atoms with E-state index in [1.165, 1.54) is 30.2 Å². The van der Waals surface area contributed by atoms with Gasteiger partial charge in [-0.1, -0.05) is 5.16 Å². The fourth-order valence-electron chi connectivity index (χ4n) is 2.97. The topological polar surface area (TPSA) is 58.8 Å². The average molecular weight is 383 g/mol. The molecule has 0 unspecified atom stereocenters. The van der Waals surface area contributed by atoms with Crippen molar-refractivity contribution < 1.29 is 27.2 Å². The monoisotopic (exact) mass is 383 g/mol. The van der Waals surface area contributed by atoms with E-state index in [9.17, 15) is 18.0 Å². The first kappa shape index (κ1) is 19.1. The Morgan fingerprint density at radius 1 is 1.30 bits per heavy atom. The molecule has 0 spiro atoms. The molecule has 0 saturated carbocycles. The molecule has 1 aromatic carbocycles. The minimum Gasteiger partial charge on any atom is -0.494 e. The van der Waals surface area contributed by atoms with Gasteiger partial charge >= 0.3 is 0 Å². The van der Waals surface area contributed by atoms with Crippen molar-refractivity contribution in [3.8, 4) is 17.1 Å². The van der Waals surface area contributed by atoms with Gasteiger partial charge in [-0.3, -0.25) is 4.79 Å². The molecule has 0 aliphatic carbocycles. The van der Waals surface area contributed by atoms with E-state index in [0.29, 0.717) is 5.56 Å². The van der Waals surface area contributed by atoms with Crippen LogP contribution in [0.1, 0.15) is 23.2 Å². The van der Waals surface area contributed by atoms with Crippen LogP contribution < -0.4 is 9.64 Å². The Kier molecular flexibility index (Phi) is 5.03. The molecule has 1 aliphatic rings. The van der Waals surface area contributed by atoms with Crippen LogP contribution in [0, 0.1) is 5.82 Å². The highest BCUT2D eigenvalue weighted by atomic mass is 19.3.